The number of aromatic carboxylic acids is 1. The van der Waals surface area contributed by atoms with Crippen molar-refractivity contribution in [1.82, 2.24) is 9.97 Å². The quantitative estimate of drug-likeness (QED) is 0.759. The second kappa shape index (κ2) is 5.59. The summed E-state index contributed by atoms with van der Waals surface area (Å²) in [5, 5.41) is 9.64. The van der Waals surface area contributed by atoms with Gasteiger partial charge in [0.15, 0.2) is 0 Å². The molecule has 0 aromatic carbocycles. The van der Waals surface area contributed by atoms with Crippen LogP contribution in [0, 0.1) is 0 Å². The first-order chi connectivity index (χ1) is 11.6. The van der Waals surface area contributed by atoms with Gasteiger partial charge in [0.25, 0.3) is 0 Å². The highest BCUT2D eigenvalue weighted by atomic mass is 16.4. The van der Waals surface area contributed by atoms with Gasteiger partial charge in [0, 0.05) is 25.3 Å². The van der Waals surface area contributed by atoms with Crippen LogP contribution in [0.3, 0.4) is 0 Å². The van der Waals surface area contributed by atoms with Crippen LogP contribution in [0.5, 0.6) is 0 Å². The zero-order valence-electron chi connectivity index (χ0n) is 13.3. The molecule has 4 rings (SSSR count). The molecule has 2 aromatic rings. The normalized spacial score (nSPS) is 18.1. The fourth-order valence-electron chi connectivity index (χ4n) is 3.86. The highest BCUT2D eigenvalue weighted by molar-refractivity contribution is 5.93. The minimum atomic E-state index is -1.21. The molecule has 0 atom stereocenters. The Morgan fingerprint density at radius 1 is 1.29 bits per heavy atom. The number of hydrogen-bond acceptors (Lipinski definition) is 5. The van der Waals surface area contributed by atoms with Gasteiger partial charge in [-0.1, -0.05) is 0 Å². The van der Waals surface area contributed by atoms with Gasteiger partial charge in [-0.05, 0) is 43.2 Å². The lowest BCUT2D eigenvalue weighted by atomic mass is 10.0. The maximum atomic E-state index is 12.6. The lowest BCUT2D eigenvalue weighted by molar-refractivity contribution is 0.0695. The number of nitrogens with one attached hydrogen (secondary N) is 1. The van der Waals surface area contributed by atoms with E-state index < -0.39 is 11.4 Å². The number of rotatable bonds is 2. The van der Waals surface area contributed by atoms with E-state index in [-0.39, 0.29) is 11.6 Å². The van der Waals surface area contributed by atoms with Gasteiger partial charge in [0.2, 0.25) is 5.43 Å². The second-order valence-corrected chi connectivity index (χ2v) is 6.63. The number of piperidine rings is 1. The summed E-state index contributed by atoms with van der Waals surface area (Å²) in [6.07, 6.45) is 5.75. The lowest BCUT2D eigenvalue weighted by Gasteiger charge is -2.32. The Balaban J connectivity index is 1.91. The number of nitrogens with two attached hydrogens (primary N) is 1. The summed E-state index contributed by atoms with van der Waals surface area (Å²) in [5.41, 5.74) is 7.88. The number of carboxylic acids is 1. The number of carboxylic acid groups (broad SMARTS) is 1. The number of nitrogens with zero attached hydrogens (tertiary/aromatic N) is 2. The lowest BCUT2D eigenvalue weighted by Crippen LogP contribution is -2.40. The highest BCUT2D eigenvalue weighted by Crippen LogP contribution is 2.34. The van der Waals surface area contributed by atoms with E-state index in [4.69, 9.17) is 10.7 Å². The summed E-state index contributed by atoms with van der Waals surface area (Å²) in [6.45, 7) is 1.73. The molecule has 7 nitrogen and oxygen atoms in total. The Morgan fingerprint density at radius 2 is 2.00 bits per heavy atom. The summed E-state index contributed by atoms with van der Waals surface area (Å²) in [7, 11) is 0. The van der Waals surface area contributed by atoms with E-state index in [1.807, 2.05) is 0 Å². The summed E-state index contributed by atoms with van der Waals surface area (Å²) in [4.78, 5) is 33.7. The van der Waals surface area contributed by atoms with Crippen molar-refractivity contribution >= 4 is 22.8 Å². The molecule has 4 N–H and O–H groups in total. The molecule has 126 valence electrons. The molecule has 1 aliphatic carbocycles. The number of aromatic nitrogens is 2. The van der Waals surface area contributed by atoms with Crippen LogP contribution in [-0.2, 0) is 12.8 Å². The molecular weight excluding hydrogens is 308 g/mol. The van der Waals surface area contributed by atoms with E-state index in [1.54, 1.807) is 0 Å². The van der Waals surface area contributed by atoms with E-state index in [0.717, 1.165) is 62.1 Å². The minimum absolute atomic E-state index is 0.227. The van der Waals surface area contributed by atoms with Crippen molar-refractivity contribution in [2.45, 2.75) is 38.1 Å². The molecular formula is C17H20N4O3. The van der Waals surface area contributed by atoms with Gasteiger partial charge >= 0.3 is 5.97 Å². The van der Waals surface area contributed by atoms with Gasteiger partial charge in [0.05, 0.1) is 5.39 Å². The topological polar surface area (TPSA) is 112 Å². The predicted octanol–water partition coefficient (Wildman–Crippen LogP) is 1.04. The molecule has 0 bridgehead atoms. The van der Waals surface area contributed by atoms with Crippen LogP contribution in [0.1, 0.15) is 40.7 Å². The highest BCUT2D eigenvalue weighted by Gasteiger charge is 2.27. The Hall–Kier alpha value is -2.41. The third-order valence-electron chi connectivity index (χ3n) is 5.14. The molecule has 7 heteroatoms. The predicted molar refractivity (Wildman–Crippen MR) is 90.8 cm³/mol. The van der Waals surface area contributed by atoms with Gasteiger partial charge in [-0.25, -0.2) is 9.78 Å². The van der Waals surface area contributed by atoms with Crippen LogP contribution < -0.4 is 16.1 Å². The number of carbonyl (C=O) groups is 1. The molecule has 24 heavy (non-hydrogen) atoms. The van der Waals surface area contributed by atoms with Crippen LogP contribution in [0.4, 0.5) is 5.82 Å². The zero-order valence-corrected chi connectivity index (χ0v) is 13.3. The number of hydrogen-bond donors (Lipinski definition) is 3. The minimum Gasteiger partial charge on any atom is -0.477 e. The molecule has 1 saturated heterocycles. The molecule has 0 saturated carbocycles. The Kier molecular flexibility index (Phi) is 3.53. The van der Waals surface area contributed by atoms with Crippen molar-refractivity contribution in [2.75, 3.05) is 18.0 Å². The Labute approximate surface area is 138 Å². The number of aryl methyl sites for hydroxylation is 1. The van der Waals surface area contributed by atoms with Gasteiger partial charge in [0.1, 0.15) is 17.0 Å². The van der Waals surface area contributed by atoms with Crippen molar-refractivity contribution < 1.29 is 9.90 Å². The van der Waals surface area contributed by atoms with Gasteiger partial charge < -0.3 is 20.7 Å². The number of fused-ring (bicyclic) bond motifs is 3. The van der Waals surface area contributed by atoms with E-state index in [2.05, 4.69) is 9.88 Å². The third-order valence-corrected chi connectivity index (χ3v) is 5.14. The van der Waals surface area contributed by atoms with E-state index >= 15 is 0 Å². The van der Waals surface area contributed by atoms with E-state index in [1.165, 1.54) is 6.20 Å². The SMILES string of the molecule is NC1CCN(c2nc3[nH]cc(C(=O)O)c(=O)c3c3c2CCC3)CC1. The number of H-pyrrole nitrogens is 1. The first kappa shape index (κ1) is 15.1. The van der Waals surface area contributed by atoms with Crippen molar-refractivity contribution in [3.63, 3.8) is 0 Å². The van der Waals surface area contributed by atoms with Crippen LogP contribution >= 0.6 is 0 Å². The summed E-state index contributed by atoms with van der Waals surface area (Å²) >= 11 is 0. The summed E-state index contributed by atoms with van der Waals surface area (Å²) in [5.74, 6) is -0.278. The van der Waals surface area contributed by atoms with Crippen molar-refractivity contribution in [3.05, 3.63) is 33.1 Å². The molecule has 3 heterocycles. The maximum absolute atomic E-state index is 12.6. The maximum Gasteiger partial charge on any atom is 0.341 e. The van der Waals surface area contributed by atoms with E-state index in [9.17, 15) is 14.7 Å². The van der Waals surface area contributed by atoms with Gasteiger partial charge in [-0.15, -0.1) is 0 Å². The van der Waals surface area contributed by atoms with Crippen molar-refractivity contribution in [2.24, 2.45) is 5.73 Å². The molecule has 0 unspecified atom stereocenters. The van der Waals surface area contributed by atoms with Crippen LogP contribution in [-0.4, -0.2) is 40.2 Å². The average Bonchev–Trinajstić information content (AvgIpc) is 3.04. The van der Waals surface area contributed by atoms with Crippen LogP contribution in [0.2, 0.25) is 0 Å². The van der Waals surface area contributed by atoms with Crippen molar-refractivity contribution in [3.8, 4) is 0 Å². The molecule has 1 fully saturated rings. The summed E-state index contributed by atoms with van der Waals surface area (Å²) < 4.78 is 0. The zero-order chi connectivity index (χ0) is 16.8. The smallest absolute Gasteiger partial charge is 0.341 e. The molecule has 2 aromatic heterocycles. The number of anilines is 1. The summed E-state index contributed by atoms with van der Waals surface area (Å²) in [6, 6.07) is 0.243. The number of aromatic amines is 1. The first-order valence-electron chi connectivity index (χ1n) is 8.37. The number of pyridine rings is 2. The van der Waals surface area contributed by atoms with Crippen LogP contribution in [0.15, 0.2) is 11.0 Å². The molecule has 0 spiro atoms. The fraction of sp³-hybridized carbons (Fsp3) is 0.471. The Bertz CT molecular complexity index is 882. The Morgan fingerprint density at radius 3 is 2.71 bits per heavy atom. The monoisotopic (exact) mass is 328 g/mol. The second-order valence-electron chi connectivity index (χ2n) is 6.63. The van der Waals surface area contributed by atoms with Crippen molar-refractivity contribution in [1.29, 1.82) is 0 Å². The average molecular weight is 328 g/mol. The van der Waals surface area contributed by atoms with Gasteiger partial charge in [-0.2, -0.15) is 0 Å². The standard InChI is InChI=1S/C17H20N4O3/c18-9-4-6-21(7-5-9)16-11-3-1-2-10(11)13-14(22)12(17(23)24)8-19-15(13)20-16/h8-9H,1-7,18H2,(H,23,24)(H,19,20,22). The molecule has 1 aliphatic heterocycles. The van der Waals surface area contributed by atoms with E-state index in [0.29, 0.717) is 11.0 Å². The first-order valence-corrected chi connectivity index (χ1v) is 8.37. The fourth-order valence-corrected chi connectivity index (χ4v) is 3.86. The molecule has 0 radical (unpaired) electrons. The largest absolute Gasteiger partial charge is 0.477 e. The third kappa shape index (κ3) is 2.27. The molecule has 0 amide bonds. The van der Waals surface area contributed by atoms with Crippen LogP contribution in [0.25, 0.3) is 11.0 Å². The van der Waals surface area contributed by atoms with Gasteiger partial charge in [-0.3, -0.25) is 4.79 Å². The molecule has 2 aliphatic rings.